The first kappa shape index (κ1) is 17.9. The van der Waals surface area contributed by atoms with E-state index >= 15 is 0 Å². The smallest absolute Gasteiger partial charge is 0.283 e. The van der Waals surface area contributed by atoms with Crippen molar-refractivity contribution in [3.63, 3.8) is 0 Å². The molecule has 0 aliphatic heterocycles. The Balaban J connectivity index is 1.34. The maximum atomic E-state index is 12.1. The molecule has 0 radical (unpaired) electrons. The third-order valence-electron chi connectivity index (χ3n) is 4.50. The number of hydrogen-bond donors (Lipinski definition) is 0. The molecule has 28 heavy (non-hydrogen) atoms. The Morgan fingerprint density at radius 2 is 1.00 bits per heavy atom. The van der Waals surface area contributed by atoms with Gasteiger partial charge in [-0.25, -0.2) is 0 Å². The Bertz CT molecular complexity index is 1130. The van der Waals surface area contributed by atoms with E-state index in [4.69, 9.17) is 9.68 Å². The minimum atomic E-state index is -0.197. The summed E-state index contributed by atoms with van der Waals surface area (Å²) in [5, 5.41) is 1.89. The van der Waals surface area contributed by atoms with Crippen molar-refractivity contribution in [2.24, 2.45) is 0 Å². The number of pyridine rings is 2. The van der Waals surface area contributed by atoms with Crippen LogP contribution in [0.1, 0.15) is 12.8 Å². The standard InChI is InChI=1S/C22H20N2O4/c25-21-13-11-17-7-1-3-9-19(17)23(21)27-15-5-6-16-28-24-20-10-4-2-8-18(20)12-14-22(24)26/h1-4,7-14H,5-6,15-16H2. The quantitative estimate of drug-likeness (QED) is 0.465. The summed E-state index contributed by atoms with van der Waals surface area (Å²) in [6.07, 6.45) is 1.38. The van der Waals surface area contributed by atoms with Gasteiger partial charge in [0, 0.05) is 22.9 Å². The van der Waals surface area contributed by atoms with Gasteiger partial charge in [-0.05, 0) is 37.1 Å². The largest absolute Gasteiger partial charge is 0.410 e. The fourth-order valence-electron chi connectivity index (χ4n) is 3.10. The first-order valence-corrected chi connectivity index (χ1v) is 9.22. The lowest BCUT2D eigenvalue weighted by Crippen LogP contribution is -2.28. The van der Waals surface area contributed by atoms with E-state index in [-0.39, 0.29) is 11.1 Å². The van der Waals surface area contributed by atoms with Gasteiger partial charge in [-0.1, -0.05) is 36.4 Å². The highest BCUT2D eigenvalue weighted by atomic mass is 16.7. The molecule has 0 bridgehead atoms. The van der Waals surface area contributed by atoms with Crippen molar-refractivity contribution in [3.05, 3.63) is 93.5 Å². The fourth-order valence-corrected chi connectivity index (χ4v) is 3.10. The summed E-state index contributed by atoms with van der Waals surface area (Å²) < 4.78 is 2.65. The molecule has 0 saturated heterocycles. The van der Waals surface area contributed by atoms with E-state index in [2.05, 4.69) is 0 Å². The number of unbranched alkanes of at least 4 members (excludes halogenated alkanes) is 1. The molecule has 0 unspecified atom stereocenters. The predicted molar refractivity (Wildman–Crippen MR) is 109 cm³/mol. The molecule has 0 aliphatic rings. The molecule has 0 saturated carbocycles. The van der Waals surface area contributed by atoms with Crippen molar-refractivity contribution in [2.45, 2.75) is 12.8 Å². The Kier molecular flexibility index (Phi) is 5.10. The molecule has 0 N–H and O–H groups in total. The molecule has 2 aromatic heterocycles. The van der Waals surface area contributed by atoms with E-state index in [0.29, 0.717) is 26.1 Å². The summed E-state index contributed by atoms with van der Waals surface area (Å²) in [6, 6.07) is 21.7. The van der Waals surface area contributed by atoms with Gasteiger partial charge in [0.15, 0.2) is 0 Å². The predicted octanol–water partition coefficient (Wildman–Crippen LogP) is 2.65. The van der Waals surface area contributed by atoms with Crippen molar-refractivity contribution in [3.8, 4) is 0 Å². The van der Waals surface area contributed by atoms with Crippen LogP contribution in [0.25, 0.3) is 21.8 Å². The summed E-state index contributed by atoms with van der Waals surface area (Å²) in [5.74, 6) is 0. The zero-order valence-corrected chi connectivity index (χ0v) is 15.3. The van der Waals surface area contributed by atoms with Crippen LogP contribution in [-0.2, 0) is 0 Å². The second-order valence-electron chi connectivity index (χ2n) is 6.42. The molecule has 4 aromatic rings. The molecule has 0 fully saturated rings. The highest BCUT2D eigenvalue weighted by Gasteiger charge is 2.05. The van der Waals surface area contributed by atoms with E-state index in [0.717, 1.165) is 21.8 Å². The van der Waals surface area contributed by atoms with Gasteiger partial charge in [0.05, 0.1) is 11.0 Å². The molecule has 142 valence electrons. The summed E-state index contributed by atoms with van der Waals surface area (Å²) in [5.41, 5.74) is 1.09. The van der Waals surface area contributed by atoms with Gasteiger partial charge in [-0.3, -0.25) is 9.59 Å². The van der Waals surface area contributed by atoms with Gasteiger partial charge in [0.25, 0.3) is 11.1 Å². The Labute approximate surface area is 161 Å². The van der Waals surface area contributed by atoms with Crippen LogP contribution in [-0.4, -0.2) is 22.7 Å². The number of rotatable bonds is 7. The Morgan fingerprint density at radius 1 is 0.571 bits per heavy atom. The van der Waals surface area contributed by atoms with E-state index in [1.807, 2.05) is 48.5 Å². The van der Waals surface area contributed by atoms with Gasteiger partial charge < -0.3 is 9.68 Å². The van der Waals surface area contributed by atoms with Crippen molar-refractivity contribution in [1.29, 1.82) is 0 Å². The zero-order valence-electron chi connectivity index (χ0n) is 15.3. The van der Waals surface area contributed by atoms with Crippen LogP contribution in [0.5, 0.6) is 0 Å². The average molecular weight is 376 g/mol. The highest BCUT2D eigenvalue weighted by Crippen LogP contribution is 2.11. The molecule has 4 rings (SSSR count). The molecule has 2 heterocycles. The third kappa shape index (κ3) is 3.62. The number of benzene rings is 2. The number of nitrogens with zero attached hydrogens (tertiary/aromatic N) is 2. The fraction of sp³-hybridized carbons (Fsp3) is 0.182. The van der Waals surface area contributed by atoms with Gasteiger partial charge in [-0.2, -0.15) is 0 Å². The second-order valence-corrected chi connectivity index (χ2v) is 6.42. The summed E-state index contributed by atoms with van der Waals surface area (Å²) >= 11 is 0. The Hall–Kier alpha value is -3.54. The van der Waals surface area contributed by atoms with E-state index in [1.165, 1.54) is 21.6 Å². The molecule has 0 atom stereocenters. The second kappa shape index (κ2) is 8.00. The Morgan fingerprint density at radius 3 is 1.46 bits per heavy atom. The molecule has 6 nitrogen and oxygen atoms in total. The van der Waals surface area contributed by atoms with E-state index in [9.17, 15) is 9.59 Å². The van der Waals surface area contributed by atoms with Gasteiger partial charge in [0.2, 0.25) is 0 Å². The van der Waals surface area contributed by atoms with Gasteiger partial charge in [0.1, 0.15) is 13.2 Å². The maximum Gasteiger partial charge on any atom is 0.283 e. The van der Waals surface area contributed by atoms with Crippen LogP contribution in [0.15, 0.2) is 82.4 Å². The SMILES string of the molecule is O=c1ccc2ccccc2n1OCCCCOn1c(=O)ccc2ccccc21. The third-order valence-corrected chi connectivity index (χ3v) is 4.50. The monoisotopic (exact) mass is 376 g/mol. The lowest BCUT2D eigenvalue weighted by molar-refractivity contribution is 0.0840. The number of hydrogen-bond acceptors (Lipinski definition) is 4. The summed E-state index contributed by atoms with van der Waals surface area (Å²) in [4.78, 5) is 35.5. The summed E-state index contributed by atoms with van der Waals surface area (Å²) in [6.45, 7) is 0.753. The number of aromatic nitrogens is 2. The lowest BCUT2D eigenvalue weighted by Gasteiger charge is -2.13. The van der Waals surface area contributed by atoms with Crippen molar-refractivity contribution < 1.29 is 9.68 Å². The molecule has 0 spiro atoms. The summed E-state index contributed by atoms with van der Waals surface area (Å²) in [7, 11) is 0. The highest BCUT2D eigenvalue weighted by molar-refractivity contribution is 5.79. The number of fused-ring (bicyclic) bond motifs is 2. The van der Waals surface area contributed by atoms with Crippen LogP contribution in [0.2, 0.25) is 0 Å². The van der Waals surface area contributed by atoms with Crippen LogP contribution in [0.3, 0.4) is 0 Å². The van der Waals surface area contributed by atoms with Gasteiger partial charge >= 0.3 is 0 Å². The van der Waals surface area contributed by atoms with Gasteiger partial charge in [-0.15, -0.1) is 9.46 Å². The van der Waals surface area contributed by atoms with Crippen LogP contribution in [0.4, 0.5) is 0 Å². The minimum Gasteiger partial charge on any atom is -0.410 e. The van der Waals surface area contributed by atoms with Crippen LogP contribution < -0.4 is 20.8 Å². The first-order chi connectivity index (χ1) is 13.7. The molecule has 0 amide bonds. The van der Waals surface area contributed by atoms with Crippen LogP contribution >= 0.6 is 0 Å². The molecule has 0 aliphatic carbocycles. The van der Waals surface area contributed by atoms with Crippen molar-refractivity contribution in [2.75, 3.05) is 13.2 Å². The molecule has 2 aromatic carbocycles. The molecule has 6 heteroatoms. The van der Waals surface area contributed by atoms with Crippen LogP contribution in [0, 0.1) is 0 Å². The lowest BCUT2D eigenvalue weighted by atomic mass is 10.2. The molecular formula is C22H20N2O4. The maximum absolute atomic E-state index is 12.1. The van der Waals surface area contributed by atoms with E-state index < -0.39 is 0 Å². The topological polar surface area (TPSA) is 62.5 Å². The minimum absolute atomic E-state index is 0.197. The normalized spacial score (nSPS) is 11.0. The van der Waals surface area contributed by atoms with Crippen molar-refractivity contribution in [1.82, 2.24) is 9.46 Å². The average Bonchev–Trinajstić information content (AvgIpc) is 2.73. The zero-order chi connectivity index (χ0) is 19.3. The van der Waals surface area contributed by atoms with Crippen molar-refractivity contribution >= 4 is 21.8 Å². The molecular weight excluding hydrogens is 356 g/mol. The first-order valence-electron chi connectivity index (χ1n) is 9.22. The van der Waals surface area contributed by atoms with E-state index in [1.54, 1.807) is 12.1 Å². The number of para-hydroxylation sites is 2.